The van der Waals surface area contributed by atoms with Crippen LogP contribution in [0.4, 0.5) is 5.82 Å². The van der Waals surface area contributed by atoms with Gasteiger partial charge in [-0.25, -0.2) is 4.98 Å². The van der Waals surface area contributed by atoms with Crippen LogP contribution in [0.2, 0.25) is 0 Å². The van der Waals surface area contributed by atoms with E-state index in [2.05, 4.69) is 35.5 Å². The van der Waals surface area contributed by atoms with Crippen LogP contribution in [0.15, 0.2) is 36.5 Å². The SMILES string of the molecule is CCOc1c(CN(C)C(=O)/C=C/c2cnc3c(c2)CNCC(=O)N3)cccc1C(C)C.Cl. The van der Waals surface area contributed by atoms with E-state index >= 15 is 0 Å². The van der Waals surface area contributed by atoms with Crippen LogP contribution in [0.25, 0.3) is 6.08 Å². The van der Waals surface area contributed by atoms with E-state index in [0.29, 0.717) is 31.4 Å². The number of carbonyl (C=O) groups is 2. The lowest BCUT2D eigenvalue weighted by molar-refractivity contribution is -0.125. The number of pyridine rings is 1. The van der Waals surface area contributed by atoms with Crippen LogP contribution < -0.4 is 15.4 Å². The summed E-state index contributed by atoms with van der Waals surface area (Å²) >= 11 is 0. The molecule has 1 aliphatic rings. The second-order valence-electron chi connectivity index (χ2n) is 7.88. The maximum absolute atomic E-state index is 12.7. The molecule has 172 valence electrons. The molecule has 1 aromatic carbocycles. The number of para-hydroxylation sites is 1. The van der Waals surface area contributed by atoms with Gasteiger partial charge in [0.2, 0.25) is 11.8 Å². The zero-order valence-electron chi connectivity index (χ0n) is 19.0. The summed E-state index contributed by atoms with van der Waals surface area (Å²) < 4.78 is 5.91. The molecule has 2 amide bonds. The van der Waals surface area contributed by atoms with Gasteiger partial charge in [-0.05, 0) is 36.1 Å². The number of amides is 2. The van der Waals surface area contributed by atoms with Crippen LogP contribution >= 0.6 is 12.4 Å². The molecule has 0 atom stereocenters. The van der Waals surface area contributed by atoms with Gasteiger partial charge in [-0.2, -0.15) is 0 Å². The molecule has 0 aliphatic carbocycles. The summed E-state index contributed by atoms with van der Waals surface area (Å²) in [6.07, 6.45) is 4.93. The van der Waals surface area contributed by atoms with E-state index in [1.54, 1.807) is 30.3 Å². The minimum atomic E-state index is -0.112. The number of nitrogens with zero attached hydrogens (tertiary/aromatic N) is 2. The summed E-state index contributed by atoms with van der Waals surface area (Å²) in [7, 11) is 1.78. The Labute approximate surface area is 195 Å². The molecule has 8 heteroatoms. The average Bonchev–Trinajstić information content (AvgIpc) is 2.93. The fourth-order valence-corrected chi connectivity index (χ4v) is 3.49. The van der Waals surface area contributed by atoms with Crippen molar-refractivity contribution in [1.29, 1.82) is 0 Å². The third-order valence-electron chi connectivity index (χ3n) is 5.09. The van der Waals surface area contributed by atoms with Gasteiger partial charge in [0.05, 0.1) is 13.2 Å². The molecule has 2 N–H and O–H groups in total. The fourth-order valence-electron chi connectivity index (χ4n) is 3.49. The molecule has 0 unspecified atom stereocenters. The summed E-state index contributed by atoms with van der Waals surface area (Å²) in [5.74, 6) is 1.54. The molecule has 0 fully saturated rings. The molecule has 0 saturated carbocycles. The van der Waals surface area contributed by atoms with Gasteiger partial charge in [0.1, 0.15) is 11.6 Å². The van der Waals surface area contributed by atoms with Crippen molar-refractivity contribution < 1.29 is 14.3 Å². The molecule has 1 aliphatic heterocycles. The minimum absolute atomic E-state index is 0. The highest BCUT2D eigenvalue weighted by atomic mass is 35.5. The third-order valence-corrected chi connectivity index (χ3v) is 5.09. The van der Waals surface area contributed by atoms with E-state index in [1.165, 1.54) is 0 Å². The van der Waals surface area contributed by atoms with Gasteiger partial charge < -0.3 is 20.3 Å². The second kappa shape index (κ2) is 11.6. The summed E-state index contributed by atoms with van der Waals surface area (Å²) in [4.78, 5) is 30.3. The Bertz CT molecular complexity index is 991. The normalized spacial score (nSPS) is 13.2. The smallest absolute Gasteiger partial charge is 0.246 e. The Morgan fingerprint density at radius 2 is 2.09 bits per heavy atom. The van der Waals surface area contributed by atoms with Crippen molar-refractivity contribution in [1.82, 2.24) is 15.2 Å². The molecule has 7 nitrogen and oxygen atoms in total. The molecule has 0 saturated heterocycles. The molecule has 1 aromatic heterocycles. The summed E-state index contributed by atoms with van der Waals surface area (Å²) in [5.41, 5.74) is 3.83. The predicted molar refractivity (Wildman–Crippen MR) is 129 cm³/mol. The maximum atomic E-state index is 12.7. The zero-order chi connectivity index (χ0) is 22.4. The third kappa shape index (κ3) is 6.31. The van der Waals surface area contributed by atoms with Crippen molar-refractivity contribution in [2.75, 3.05) is 25.5 Å². The average molecular weight is 459 g/mol. The van der Waals surface area contributed by atoms with Crippen molar-refractivity contribution in [2.24, 2.45) is 0 Å². The number of rotatable bonds is 7. The van der Waals surface area contributed by atoms with Crippen molar-refractivity contribution in [3.8, 4) is 5.75 Å². The number of hydrogen-bond acceptors (Lipinski definition) is 5. The molecule has 32 heavy (non-hydrogen) atoms. The number of aromatic nitrogens is 1. The van der Waals surface area contributed by atoms with Crippen molar-refractivity contribution >= 4 is 36.1 Å². The Hall–Kier alpha value is -2.90. The first-order valence-electron chi connectivity index (χ1n) is 10.6. The van der Waals surface area contributed by atoms with Crippen molar-refractivity contribution in [2.45, 2.75) is 39.8 Å². The predicted octanol–water partition coefficient (Wildman–Crippen LogP) is 3.74. The summed E-state index contributed by atoms with van der Waals surface area (Å²) in [6, 6.07) is 8.01. The molecule has 0 radical (unpaired) electrons. The van der Waals surface area contributed by atoms with E-state index in [1.807, 2.05) is 25.1 Å². The van der Waals surface area contributed by atoms with Gasteiger partial charge in [-0.3, -0.25) is 9.59 Å². The first-order chi connectivity index (χ1) is 14.9. The Morgan fingerprint density at radius 3 is 2.81 bits per heavy atom. The van der Waals surface area contributed by atoms with Crippen LogP contribution in [0.1, 0.15) is 48.9 Å². The second-order valence-corrected chi connectivity index (χ2v) is 7.88. The molecular formula is C24H31ClN4O3. The van der Waals surface area contributed by atoms with E-state index in [-0.39, 0.29) is 30.8 Å². The summed E-state index contributed by atoms with van der Waals surface area (Å²) in [6.45, 7) is 8.07. The molecule has 3 rings (SSSR count). The minimum Gasteiger partial charge on any atom is -0.493 e. The number of benzene rings is 1. The van der Waals surface area contributed by atoms with Gasteiger partial charge in [-0.15, -0.1) is 12.4 Å². The molecular weight excluding hydrogens is 428 g/mol. The highest BCUT2D eigenvalue weighted by molar-refractivity contribution is 5.93. The van der Waals surface area contributed by atoms with Gasteiger partial charge >= 0.3 is 0 Å². The number of carbonyl (C=O) groups excluding carboxylic acids is 2. The zero-order valence-corrected chi connectivity index (χ0v) is 19.8. The topological polar surface area (TPSA) is 83.6 Å². The van der Waals surface area contributed by atoms with Gasteiger partial charge in [0.15, 0.2) is 0 Å². The van der Waals surface area contributed by atoms with E-state index in [9.17, 15) is 9.59 Å². The van der Waals surface area contributed by atoms with Crippen molar-refractivity contribution in [3.63, 3.8) is 0 Å². The van der Waals surface area contributed by atoms with Gasteiger partial charge in [0, 0.05) is 43.5 Å². The van der Waals surface area contributed by atoms with Crippen LogP contribution in [0, 0.1) is 0 Å². The molecule has 2 heterocycles. The lowest BCUT2D eigenvalue weighted by atomic mass is 9.99. The fraction of sp³-hybridized carbons (Fsp3) is 0.375. The number of halogens is 1. The first-order valence-corrected chi connectivity index (χ1v) is 10.6. The lowest BCUT2D eigenvalue weighted by Gasteiger charge is -2.21. The quantitative estimate of drug-likeness (QED) is 0.617. The van der Waals surface area contributed by atoms with E-state index < -0.39 is 0 Å². The van der Waals surface area contributed by atoms with Gasteiger partial charge in [0.25, 0.3) is 0 Å². The monoisotopic (exact) mass is 458 g/mol. The lowest BCUT2D eigenvalue weighted by Crippen LogP contribution is -2.24. The van der Waals surface area contributed by atoms with Crippen LogP contribution in [0.3, 0.4) is 0 Å². The number of hydrogen-bond donors (Lipinski definition) is 2. The van der Waals surface area contributed by atoms with Crippen LogP contribution in [-0.2, 0) is 22.7 Å². The number of nitrogens with one attached hydrogen (secondary N) is 2. The molecule has 0 bridgehead atoms. The molecule has 0 spiro atoms. The Balaban J connectivity index is 0.00000363. The highest BCUT2D eigenvalue weighted by Crippen LogP contribution is 2.31. The first kappa shape index (κ1) is 25.4. The number of fused-ring (bicyclic) bond motifs is 1. The van der Waals surface area contributed by atoms with E-state index in [0.717, 1.165) is 28.0 Å². The van der Waals surface area contributed by atoms with Crippen molar-refractivity contribution in [3.05, 3.63) is 58.8 Å². The Morgan fingerprint density at radius 1 is 1.31 bits per heavy atom. The Kier molecular flexibility index (Phi) is 9.23. The summed E-state index contributed by atoms with van der Waals surface area (Å²) in [5, 5.41) is 5.82. The van der Waals surface area contributed by atoms with E-state index in [4.69, 9.17) is 4.74 Å². The number of ether oxygens (including phenoxy) is 1. The number of likely N-dealkylation sites (N-methyl/N-ethyl adjacent to an activating group) is 1. The molecule has 2 aromatic rings. The van der Waals surface area contributed by atoms with Crippen LogP contribution in [0.5, 0.6) is 5.75 Å². The number of anilines is 1. The standard InChI is InChI=1S/C24H30N4O3.ClH/c1-5-31-23-18(7-6-8-20(23)16(2)3)15-28(4)22(30)10-9-17-11-19-13-25-14-21(29)27-24(19)26-12-17;/h6-12,16,25H,5,13-15H2,1-4H3,(H,26,27,29);1H/b10-9+;. The van der Waals surface area contributed by atoms with Gasteiger partial charge in [-0.1, -0.05) is 32.0 Å². The maximum Gasteiger partial charge on any atom is 0.246 e. The highest BCUT2D eigenvalue weighted by Gasteiger charge is 2.16. The largest absolute Gasteiger partial charge is 0.493 e. The van der Waals surface area contributed by atoms with Crippen LogP contribution in [-0.4, -0.2) is 41.9 Å².